The Morgan fingerprint density at radius 3 is 2.65 bits per heavy atom. The molecule has 1 aromatic rings. The van der Waals surface area contributed by atoms with E-state index in [9.17, 15) is 13.2 Å². The number of hydrogen-bond donors (Lipinski definition) is 0. The van der Waals surface area contributed by atoms with E-state index in [1.54, 1.807) is 0 Å². The van der Waals surface area contributed by atoms with Crippen molar-refractivity contribution >= 4 is 15.9 Å². The number of nitriles is 1. The zero-order valence-corrected chi connectivity index (χ0v) is 10.4. The molecule has 0 spiro atoms. The van der Waals surface area contributed by atoms with Crippen molar-refractivity contribution in [3.8, 4) is 11.9 Å². The number of ether oxygens (including phenoxy) is 1. The van der Waals surface area contributed by atoms with Crippen molar-refractivity contribution in [3.63, 3.8) is 0 Å². The average Bonchev–Trinajstić information content (AvgIpc) is 2.21. The Hall–Kier alpha value is -1.29. The minimum atomic E-state index is -4.78. The number of halogens is 4. The predicted molar refractivity (Wildman–Crippen MR) is 57.6 cm³/mol. The Balaban J connectivity index is 3.16. The van der Waals surface area contributed by atoms with Crippen LogP contribution < -0.4 is 4.74 Å². The number of aryl methyl sites for hydroxylation is 1. The minimum Gasteiger partial charge on any atom is -0.388 e. The summed E-state index contributed by atoms with van der Waals surface area (Å²) >= 11 is 3.19. The summed E-state index contributed by atoms with van der Waals surface area (Å²) in [6.45, 7) is 1.47. The van der Waals surface area contributed by atoms with Gasteiger partial charge in [-0.15, -0.1) is 13.2 Å². The molecule has 17 heavy (non-hydrogen) atoms. The van der Waals surface area contributed by atoms with Gasteiger partial charge in [0.25, 0.3) is 0 Å². The molecule has 0 bridgehead atoms. The first-order valence-corrected chi connectivity index (χ1v) is 5.67. The van der Waals surface area contributed by atoms with Crippen LogP contribution in [0.15, 0.2) is 6.07 Å². The molecular weight excluding hydrogens is 301 g/mol. The maximum absolute atomic E-state index is 12.1. The molecule has 0 saturated heterocycles. The van der Waals surface area contributed by atoms with E-state index in [-0.39, 0.29) is 17.7 Å². The molecule has 0 atom stereocenters. The second kappa shape index (κ2) is 5.36. The Labute approximate surface area is 104 Å². The fourth-order valence-electron chi connectivity index (χ4n) is 1.25. The lowest BCUT2D eigenvalue weighted by atomic mass is 10.1. The summed E-state index contributed by atoms with van der Waals surface area (Å²) in [5, 5.41) is 8.98. The molecule has 1 aromatic heterocycles. The lowest BCUT2D eigenvalue weighted by molar-refractivity contribution is -0.276. The molecule has 0 aliphatic rings. The highest BCUT2D eigenvalue weighted by Gasteiger charge is 2.32. The smallest absolute Gasteiger partial charge is 0.388 e. The van der Waals surface area contributed by atoms with Crippen molar-refractivity contribution in [2.45, 2.75) is 25.0 Å². The topological polar surface area (TPSA) is 45.9 Å². The highest BCUT2D eigenvalue weighted by molar-refractivity contribution is 9.08. The lowest BCUT2D eigenvalue weighted by Gasteiger charge is -2.13. The fraction of sp³-hybridized carbons (Fsp3) is 0.400. The predicted octanol–water partition coefficient (Wildman–Crippen LogP) is 3.25. The molecule has 3 nitrogen and oxygen atoms in total. The molecule has 0 saturated carbocycles. The number of pyridine rings is 1. The van der Waals surface area contributed by atoms with Crippen LogP contribution in [0, 0.1) is 18.3 Å². The van der Waals surface area contributed by atoms with Crippen molar-refractivity contribution in [1.82, 2.24) is 4.98 Å². The fourth-order valence-corrected chi connectivity index (χ4v) is 1.73. The molecule has 1 heterocycles. The van der Waals surface area contributed by atoms with Crippen molar-refractivity contribution in [1.29, 1.82) is 5.26 Å². The van der Waals surface area contributed by atoms with Crippen LogP contribution >= 0.6 is 15.9 Å². The molecule has 0 N–H and O–H groups in total. The summed E-state index contributed by atoms with van der Waals surface area (Å²) in [6, 6.07) is 3.37. The zero-order chi connectivity index (χ0) is 13.1. The van der Waals surface area contributed by atoms with Crippen LogP contribution in [-0.2, 0) is 11.8 Å². The molecule has 0 aromatic carbocycles. The molecule has 0 unspecified atom stereocenters. The van der Waals surface area contributed by atoms with Gasteiger partial charge in [-0.1, -0.05) is 15.9 Å². The van der Waals surface area contributed by atoms with Gasteiger partial charge >= 0.3 is 6.36 Å². The molecule has 0 aliphatic carbocycles. The van der Waals surface area contributed by atoms with E-state index in [4.69, 9.17) is 5.26 Å². The Morgan fingerprint density at radius 2 is 2.18 bits per heavy atom. The third-order valence-corrected chi connectivity index (χ3v) is 2.54. The monoisotopic (exact) mass is 308 g/mol. The second-order valence-electron chi connectivity index (χ2n) is 3.23. The molecule has 0 amide bonds. The van der Waals surface area contributed by atoms with Crippen molar-refractivity contribution in [3.05, 3.63) is 22.9 Å². The Bertz CT molecular complexity index is 454. The van der Waals surface area contributed by atoms with E-state index in [0.717, 1.165) is 0 Å². The highest BCUT2D eigenvalue weighted by Crippen LogP contribution is 2.26. The lowest BCUT2D eigenvalue weighted by Crippen LogP contribution is -2.19. The van der Waals surface area contributed by atoms with Gasteiger partial charge in [-0.3, -0.25) is 0 Å². The van der Waals surface area contributed by atoms with Crippen molar-refractivity contribution < 1.29 is 17.9 Å². The highest BCUT2D eigenvalue weighted by atomic mass is 79.9. The summed E-state index contributed by atoms with van der Waals surface area (Å²) in [5.41, 5.74) is 1.24. The van der Waals surface area contributed by atoms with Gasteiger partial charge in [0.15, 0.2) is 0 Å². The van der Waals surface area contributed by atoms with Crippen LogP contribution in [0.25, 0.3) is 0 Å². The van der Waals surface area contributed by atoms with Crippen molar-refractivity contribution in [2.75, 3.05) is 0 Å². The summed E-state index contributed by atoms with van der Waals surface area (Å²) in [4.78, 5) is 3.72. The van der Waals surface area contributed by atoms with E-state index < -0.39 is 12.2 Å². The first kappa shape index (κ1) is 13.8. The average molecular weight is 309 g/mol. The van der Waals surface area contributed by atoms with Gasteiger partial charge in [0.1, 0.15) is 0 Å². The Kier molecular flexibility index (Phi) is 4.34. The van der Waals surface area contributed by atoms with E-state index in [1.165, 1.54) is 13.0 Å². The Morgan fingerprint density at radius 1 is 1.53 bits per heavy atom. The summed E-state index contributed by atoms with van der Waals surface area (Å²) in [7, 11) is 0. The zero-order valence-electron chi connectivity index (χ0n) is 8.81. The summed E-state index contributed by atoms with van der Waals surface area (Å²) in [6.07, 6.45) is -4.84. The minimum absolute atomic E-state index is 0.0601. The van der Waals surface area contributed by atoms with E-state index >= 15 is 0 Å². The van der Waals surface area contributed by atoms with Gasteiger partial charge in [0, 0.05) is 10.9 Å². The first-order valence-electron chi connectivity index (χ1n) is 4.55. The van der Waals surface area contributed by atoms with Gasteiger partial charge in [0.2, 0.25) is 5.88 Å². The molecule has 0 fully saturated rings. The van der Waals surface area contributed by atoms with Gasteiger partial charge in [-0.25, -0.2) is 4.98 Å². The largest absolute Gasteiger partial charge is 0.574 e. The van der Waals surface area contributed by atoms with Gasteiger partial charge in [-0.05, 0) is 18.6 Å². The van der Waals surface area contributed by atoms with E-state index in [0.29, 0.717) is 10.9 Å². The molecule has 1 rings (SSSR count). The van der Waals surface area contributed by atoms with Crippen LogP contribution in [0.2, 0.25) is 0 Å². The number of aromatic nitrogens is 1. The summed E-state index contributed by atoms with van der Waals surface area (Å²) in [5.74, 6) is -0.507. The van der Waals surface area contributed by atoms with E-state index in [1.807, 2.05) is 6.07 Å². The number of hydrogen-bond acceptors (Lipinski definition) is 3. The third-order valence-electron chi connectivity index (χ3n) is 1.94. The van der Waals surface area contributed by atoms with Crippen LogP contribution in [0.4, 0.5) is 13.2 Å². The molecule has 92 valence electrons. The third kappa shape index (κ3) is 3.89. The maximum atomic E-state index is 12.1. The summed E-state index contributed by atoms with van der Waals surface area (Å²) < 4.78 is 40.0. The SMILES string of the molecule is Cc1cc(CBr)c(CC#N)nc1OC(F)(F)F. The van der Waals surface area contributed by atoms with Crippen LogP contribution in [0.1, 0.15) is 16.8 Å². The van der Waals surface area contributed by atoms with Gasteiger partial charge < -0.3 is 4.74 Å². The molecular formula is C10H8BrF3N2O. The number of rotatable bonds is 3. The quantitative estimate of drug-likeness (QED) is 0.805. The van der Waals surface area contributed by atoms with Gasteiger partial charge in [-0.2, -0.15) is 5.26 Å². The number of nitrogens with zero attached hydrogens (tertiary/aromatic N) is 2. The standard InChI is InChI=1S/C10H8BrF3N2O/c1-6-4-7(5-11)8(2-3-15)16-9(6)17-10(12,13)14/h4H,2,5H2,1H3. The second-order valence-corrected chi connectivity index (χ2v) is 3.79. The molecule has 0 aliphatic heterocycles. The molecule has 7 heteroatoms. The van der Waals surface area contributed by atoms with E-state index in [2.05, 4.69) is 25.7 Å². The molecule has 0 radical (unpaired) electrons. The van der Waals surface area contributed by atoms with Gasteiger partial charge in [0.05, 0.1) is 18.2 Å². The van der Waals surface area contributed by atoms with Crippen LogP contribution in [0.5, 0.6) is 5.88 Å². The first-order chi connectivity index (χ1) is 7.87. The van der Waals surface area contributed by atoms with Crippen molar-refractivity contribution in [2.24, 2.45) is 0 Å². The van der Waals surface area contributed by atoms with Crippen LogP contribution in [0.3, 0.4) is 0 Å². The normalized spacial score (nSPS) is 11.1. The number of alkyl halides is 4. The van der Waals surface area contributed by atoms with Crippen LogP contribution in [-0.4, -0.2) is 11.3 Å². The maximum Gasteiger partial charge on any atom is 0.574 e.